The third-order valence-electron chi connectivity index (χ3n) is 2.57. The molecule has 1 amide bonds. The number of carbonyl (C=O) groups excluding carboxylic acids is 1. The fraction of sp³-hybridized carbons (Fsp3) is 0.133. The highest BCUT2D eigenvalue weighted by molar-refractivity contribution is 6.30. The van der Waals surface area contributed by atoms with E-state index in [4.69, 9.17) is 16.3 Å². The van der Waals surface area contributed by atoms with Crippen molar-refractivity contribution in [1.29, 1.82) is 0 Å². The van der Waals surface area contributed by atoms with E-state index in [0.29, 0.717) is 10.8 Å². The lowest BCUT2D eigenvalue weighted by atomic mass is 10.3. The molecule has 0 unspecified atom stereocenters. The van der Waals surface area contributed by atoms with Crippen LogP contribution in [0.1, 0.15) is 12.5 Å². The first-order chi connectivity index (χ1) is 10.1. The van der Waals surface area contributed by atoms with Crippen molar-refractivity contribution in [2.24, 2.45) is 5.10 Å². The number of nitrogens with one attached hydrogen (secondary N) is 1. The van der Waals surface area contributed by atoms with Gasteiger partial charge in [0.2, 0.25) is 0 Å². The predicted octanol–water partition coefficient (Wildman–Crippen LogP) is 2.65. The Morgan fingerprint density at radius 2 is 2.14 bits per heavy atom. The summed E-state index contributed by atoms with van der Waals surface area (Å²) >= 11 is 5.78. The van der Waals surface area contributed by atoms with E-state index in [-0.39, 0.29) is 5.91 Å². The Labute approximate surface area is 127 Å². The van der Waals surface area contributed by atoms with Crippen molar-refractivity contribution < 1.29 is 9.53 Å². The number of ether oxygens (including phenoxy) is 1. The number of hydrogen-bond donors (Lipinski definition) is 1. The third-order valence-corrected chi connectivity index (χ3v) is 2.82. The van der Waals surface area contributed by atoms with Crippen LogP contribution in [0.4, 0.5) is 0 Å². The quantitative estimate of drug-likeness (QED) is 0.682. The van der Waals surface area contributed by atoms with Crippen LogP contribution in [0.3, 0.4) is 0 Å². The van der Waals surface area contributed by atoms with E-state index >= 15 is 0 Å². The lowest BCUT2D eigenvalue weighted by Crippen LogP contribution is -2.33. The molecule has 1 heterocycles. The van der Waals surface area contributed by atoms with Crippen LogP contribution in [0, 0.1) is 0 Å². The number of aromatic nitrogens is 1. The summed E-state index contributed by atoms with van der Waals surface area (Å²) < 4.78 is 5.48. The van der Waals surface area contributed by atoms with Crippen molar-refractivity contribution in [1.82, 2.24) is 10.4 Å². The maximum atomic E-state index is 11.8. The smallest absolute Gasteiger partial charge is 0.280 e. The second-order valence-corrected chi connectivity index (χ2v) is 4.67. The zero-order chi connectivity index (χ0) is 15.1. The van der Waals surface area contributed by atoms with Gasteiger partial charge in [0.25, 0.3) is 5.91 Å². The zero-order valence-electron chi connectivity index (χ0n) is 11.4. The fourth-order valence-electron chi connectivity index (χ4n) is 1.48. The average molecular weight is 304 g/mol. The summed E-state index contributed by atoms with van der Waals surface area (Å²) in [5.41, 5.74) is 3.21. The van der Waals surface area contributed by atoms with Crippen molar-refractivity contribution in [3.05, 3.63) is 59.4 Å². The highest BCUT2D eigenvalue weighted by atomic mass is 35.5. The van der Waals surface area contributed by atoms with Gasteiger partial charge in [-0.25, -0.2) is 5.43 Å². The molecule has 0 bridgehead atoms. The van der Waals surface area contributed by atoms with E-state index in [0.717, 1.165) is 5.56 Å². The van der Waals surface area contributed by atoms with E-state index in [2.05, 4.69) is 15.5 Å². The first kappa shape index (κ1) is 15.0. The van der Waals surface area contributed by atoms with Crippen LogP contribution in [-0.2, 0) is 4.79 Å². The molecule has 0 aliphatic rings. The molecule has 0 aliphatic carbocycles. The molecular formula is C15H14ClN3O2. The van der Waals surface area contributed by atoms with Crippen LogP contribution >= 0.6 is 11.6 Å². The number of rotatable bonds is 5. The van der Waals surface area contributed by atoms with Crippen LogP contribution in [0.5, 0.6) is 5.75 Å². The number of pyridine rings is 1. The highest BCUT2D eigenvalue weighted by Gasteiger charge is 2.13. The van der Waals surface area contributed by atoms with Crippen molar-refractivity contribution in [2.75, 3.05) is 0 Å². The lowest BCUT2D eigenvalue weighted by Gasteiger charge is -2.12. The van der Waals surface area contributed by atoms with Gasteiger partial charge in [-0.2, -0.15) is 5.10 Å². The van der Waals surface area contributed by atoms with E-state index in [1.165, 1.54) is 6.21 Å². The van der Waals surface area contributed by atoms with Gasteiger partial charge in [0, 0.05) is 23.0 Å². The van der Waals surface area contributed by atoms with E-state index in [1.807, 2.05) is 6.07 Å². The molecule has 0 fully saturated rings. The SMILES string of the molecule is C[C@@H](Oc1ccc(Cl)cc1)C(=O)N/N=C\c1cccnc1. The average Bonchev–Trinajstić information content (AvgIpc) is 2.50. The van der Waals surface area contributed by atoms with Gasteiger partial charge in [0.15, 0.2) is 6.10 Å². The first-order valence-corrected chi connectivity index (χ1v) is 6.68. The molecule has 0 saturated carbocycles. The van der Waals surface area contributed by atoms with Crippen molar-refractivity contribution in [2.45, 2.75) is 13.0 Å². The number of halogens is 1. The van der Waals surface area contributed by atoms with Gasteiger partial charge in [0.1, 0.15) is 5.75 Å². The minimum absolute atomic E-state index is 0.343. The number of nitrogens with zero attached hydrogens (tertiary/aromatic N) is 2. The van der Waals surface area contributed by atoms with Gasteiger partial charge in [-0.3, -0.25) is 9.78 Å². The second-order valence-electron chi connectivity index (χ2n) is 4.23. The third kappa shape index (κ3) is 4.89. The maximum Gasteiger partial charge on any atom is 0.280 e. The van der Waals surface area contributed by atoms with Gasteiger partial charge in [-0.05, 0) is 37.3 Å². The van der Waals surface area contributed by atoms with Gasteiger partial charge in [0.05, 0.1) is 6.21 Å². The van der Waals surface area contributed by atoms with E-state index < -0.39 is 6.10 Å². The van der Waals surface area contributed by atoms with Crippen LogP contribution < -0.4 is 10.2 Å². The largest absolute Gasteiger partial charge is 0.481 e. The molecule has 0 radical (unpaired) electrons. The number of amides is 1. The molecule has 0 saturated heterocycles. The summed E-state index contributed by atoms with van der Waals surface area (Å²) in [6.07, 6.45) is 4.15. The Bertz CT molecular complexity index is 615. The van der Waals surface area contributed by atoms with Gasteiger partial charge in [-0.1, -0.05) is 17.7 Å². The molecule has 5 nitrogen and oxygen atoms in total. The Morgan fingerprint density at radius 1 is 1.38 bits per heavy atom. The summed E-state index contributed by atoms with van der Waals surface area (Å²) in [7, 11) is 0. The summed E-state index contributed by atoms with van der Waals surface area (Å²) in [4.78, 5) is 15.8. The molecule has 1 N–H and O–H groups in total. The zero-order valence-corrected chi connectivity index (χ0v) is 12.1. The normalized spacial score (nSPS) is 12.1. The summed E-state index contributed by atoms with van der Waals surface area (Å²) in [5.74, 6) is 0.225. The first-order valence-electron chi connectivity index (χ1n) is 6.30. The molecule has 2 rings (SSSR count). The van der Waals surface area contributed by atoms with E-state index in [9.17, 15) is 4.79 Å². The Hall–Kier alpha value is -2.40. The number of hydrogen-bond acceptors (Lipinski definition) is 4. The molecule has 108 valence electrons. The maximum absolute atomic E-state index is 11.8. The fourth-order valence-corrected chi connectivity index (χ4v) is 1.61. The van der Waals surface area contributed by atoms with Crippen LogP contribution in [0.25, 0.3) is 0 Å². The van der Waals surface area contributed by atoms with Crippen molar-refractivity contribution >= 4 is 23.7 Å². The van der Waals surface area contributed by atoms with Crippen molar-refractivity contribution in [3.8, 4) is 5.75 Å². The Balaban J connectivity index is 1.85. The lowest BCUT2D eigenvalue weighted by molar-refractivity contribution is -0.127. The van der Waals surface area contributed by atoms with E-state index in [1.54, 1.807) is 49.6 Å². The van der Waals surface area contributed by atoms with Gasteiger partial charge in [-0.15, -0.1) is 0 Å². The van der Waals surface area contributed by atoms with Crippen molar-refractivity contribution in [3.63, 3.8) is 0 Å². The molecule has 21 heavy (non-hydrogen) atoms. The number of benzene rings is 1. The Morgan fingerprint density at radius 3 is 2.81 bits per heavy atom. The Kier molecular flexibility index (Phi) is 5.29. The van der Waals surface area contributed by atoms with Gasteiger partial charge < -0.3 is 4.74 Å². The molecule has 2 aromatic rings. The monoisotopic (exact) mass is 303 g/mol. The molecule has 1 aromatic carbocycles. The minimum Gasteiger partial charge on any atom is -0.481 e. The topological polar surface area (TPSA) is 63.6 Å². The van der Waals surface area contributed by atoms with Crippen LogP contribution in [-0.4, -0.2) is 23.2 Å². The standard InChI is InChI=1S/C15H14ClN3O2/c1-11(21-14-6-4-13(16)5-7-14)15(20)19-18-10-12-3-2-8-17-9-12/h2-11H,1H3,(H,19,20)/b18-10-/t11-/m1/s1. The predicted molar refractivity (Wildman–Crippen MR) is 81.5 cm³/mol. The molecule has 6 heteroatoms. The summed E-state index contributed by atoms with van der Waals surface area (Å²) in [6.45, 7) is 1.64. The second kappa shape index (κ2) is 7.40. The summed E-state index contributed by atoms with van der Waals surface area (Å²) in [5, 5.41) is 4.46. The van der Waals surface area contributed by atoms with Crippen LogP contribution in [0.2, 0.25) is 5.02 Å². The molecule has 1 atom stereocenters. The summed E-state index contributed by atoms with van der Waals surface area (Å²) in [6, 6.07) is 10.4. The molecule has 0 spiro atoms. The highest BCUT2D eigenvalue weighted by Crippen LogP contribution is 2.16. The van der Waals surface area contributed by atoms with Gasteiger partial charge >= 0.3 is 0 Å². The molecule has 0 aliphatic heterocycles. The number of hydrazone groups is 1. The molecule has 1 aromatic heterocycles. The van der Waals surface area contributed by atoms with Crippen LogP contribution in [0.15, 0.2) is 53.9 Å². The minimum atomic E-state index is -0.669. The molecular weight excluding hydrogens is 290 g/mol. The number of carbonyl (C=O) groups is 1.